The van der Waals surface area contributed by atoms with Crippen LogP contribution in [0.3, 0.4) is 0 Å². The van der Waals surface area contributed by atoms with Crippen LogP contribution in [0.25, 0.3) is 0 Å². The lowest BCUT2D eigenvalue weighted by Gasteiger charge is -2.24. The molecular weight excluding hydrogens is 236 g/mol. The number of nitrogens with one attached hydrogen (secondary N) is 1. The summed E-state index contributed by atoms with van der Waals surface area (Å²) in [6.07, 6.45) is 0. The van der Waals surface area contributed by atoms with Crippen molar-refractivity contribution in [2.24, 2.45) is 0 Å². The summed E-state index contributed by atoms with van der Waals surface area (Å²) in [6, 6.07) is 4.20. The number of rotatable bonds is 4. The molecule has 1 aromatic heterocycles. The molecule has 0 amide bonds. The van der Waals surface area contributed by atoms with E-state index < -0.39 is 0 Å². The van der Waals surface area contributed by atoms with E-state index in [4.69, 9.17) is 4.74 Å². The quantitative estimate of drug-likeness (QED) is 0.901. The molecule has 0 spiro atoms. The van der Waals surface area contributed by atoms with Crippen molar-refractivity contribution in [1.82, 2.24) is 10.3 Å². The Balaban J connectivity index is 3.09. The number of aromatic nitrogens is 1. The van der Waals surface area contributed by atoms with Crippen molar-refractivity contribution in [2.75, 3.05) is 6.54 Å². The van der Waals surface area contributed by atoms with Crippen molar-refractivity contribution in [3.05, 3.63) is 23.4 Å². The lowest BCUT2D eigenvalue weighted by Crippen LogP contribution is -2.25. The summed E-state index contributed by atoms with van der Waals surface area (Å²) >= 11 is 0. The van der Waals surface area contributed by atoms with Crippen molar-refractivity contribution in [3.63, 3.8) is 0 Å². The molecule has 1 aromatic rings. The lowest BCUT2D eigenvalue weighted by molar-refractivity contribution is 0.123. The molecule has 0 atom stereocenters. The third kappa shape index (κ3) is 5.60. The Bertz CT molecular complexity index is 414. The second-order valence-corrected chi connectivity index (χ2v) is 6.94. The van der Waals surface area contributed by atoms with Crippen LogP contribution in [-0.4, -0.2) is 17.1 Å². The third-order valence-corrected chi connectivity index (χ3v) is 2.62. The Hall–Kier alpha value is -1.09. The fourth-order valence-corrected chi connectivity index (χ4v) is 1.68. The molecule has 0 aromatic carbocycles. The van der Waals surface area contributed by atoms with E-state index in [0.717, 1.165) is 18.8 Å². The fourth-order valence-electron chi connectivity index (χ4n) is 1.68. The Labute approximate surface area is 117 Å². The number of hydrogen-bond donors (Lipinski definition) is 1. The van der Waals surface area contributed by atoms with Crippen molar-refractivity contribution >= 4 is 0 Å². The summed E-state index contributed by atoms with van der Waals surface area (Å²) in [5, 5.41) is 3.35. The first-order chi connectivity index (χ1) is 8.62. The minimum atomic E-state index is -0.223. The zero-order chi connectivity index (χ0) is 14.7. The molecule has 1 rings (SSSR count). The number of nitrogens with zero attached hydrogens (tertiary/aromatic N) is 1. The molecule has 0 saturated heterocycles. The monoisotopic (exact) mass is 264 g/mol. The minimum Gasteiger partial charge on any atom is -0.472 e. The van der Waals surface area contributed by atoms with Crippen LogP contribution in [0.2, 0.25) is 0 Å². The Morgan fingerprint density at radius 3 is 2.21 bits per heavy atom. The molecule has 1 heterocycles. The van der Waals surface area contributed by atoms with Crippen LogP contribution >= 0.6 is 0 Å². The average Bonchev–Trinajstić information content (AvgIpc) is 2.22. The van der Waals surface area contributed by atoms with Crippen LogP contribution in [0.4, 0.5) is 0 Å². The van der Waals surface area contributed by atoms with Gasteiger partial charge in [0.15, 0.2) is 0 Å². The SMILES string of the molecule is CCNCc1cc(OC(C)(C)C)nc(C(C)(C)C)c1. The average molecular weight is 264 g/mol. The molecule has 1 N–H and O–H groups in total. The highest BCUT2D eigenvalue weighted by Crippen LogP contribution is 2.26. The topological polar surface area (TPSA) is 34.1 Å². The summed E-state index contributed by atoms with van der Waals surface area (Å²) < 4.78 is 5.92. The van der Waals surface area contributed by atoms with Crippen LogP contribution in [0.15, 0.2) is 12.1 Å². The van der Waals surface area contributed by atoms with Gasteiger partial charge in [0.25, 0.3) is 0 Å². The van der Waals surface area contributed by atoms with Crippen LogP contribution < -0.4 is 10.1 Å². The molecule has 0 saturated carbocycles. The molecule has 108 valence electrons. The number of ether oxygens (including phenoxy) is 1. The van der Waals surface area contributed by atoms with E-state index >= 15 is 0 Å². The molecular formula is C16H28N2O. The maximum absolute atomic E-state index is 5.92. The standard InChI is InChI=1S/C16H28N2O/c1-8-17-11-12-9-13(15(2,3)4)18-14(10-12)19-16(5,6)7/h9-10,17H,8,11H2,1-7H3. The van der Waals surface area contributed by atoms with Gasteiger partial charge in [0.1, 0.15) is 5.60 Å². The van der Waals surface area contributed by atoms with Crippen LogP contribution in [-0.2, 0) is 12.0 Å². The van der Waals surface area contributed by atoms with Gasteiger partial charge in [0.05, 0.1) is 5.69 Å². The molecule has 19 heavy (non-hydrogen) atoms. The lowest BCUT2D eigenvalue weighted by atomic mass is 9.91. The van der Waals surface area contributed by atoms with E-state index in [1.54, 1.807) is 0 Å². The maximum atomic E-state index is 5.92. The van der Waals surface area contributed by atoms with Gasteiger partial charge >= 0.3 is 0 Å². The third-order valence-electron chi connectivity index (χ3n) is 2.62. The van der Waals surface area contributed by atoms with E-state index in [2.05, 4.69) is 44.1 Å². The van der Waals surface area contributed by atoms with Crippen LogP contribution in [0, 0.1) is 0 Å². The van der Waals surface area contributed by atoms with E-state index in [0.29, 0.717) is 5.88 Å². The summed E-state index contributed by atoms with van der Waals surface area (Å²) in [4.78, 5) is 4.65. The number of pyridine rings is 1. The van der Waals surface area contributed by atoms with Gasteiger partial charge in [-0.2, -0.15) is 0 Å². The molecule has 3 heteroatoms. The summed E-state index contributed by atoms with van der Waals surface area (Å²) in [6.45, 7) is 16.6. The van der Waals surface area contributed by atoms with Crippen molar-refractivity contribution in [1.29, 1.82) is 0 Å². The Morgan fingerprint density at radius 2 is 1.74 bits per heavy atom. The maximum Gasteiger partial charge on any atom is 0.214 e. The molecule has 0 bridgehead atoms. The summed E-state index contributed by atoms with van der Waals surface area (Å²) in [7, 11) is 0. The van der Waals surface area contributed by atoms with E-state index in [1.165, 1.54) is 5.56 Å². The van der Waals surface area contributed by atoms with Gasteiger partial charge in [0.2, 0.25) is 5.88 Å². The molecule has 0 aliphatic carbocycles. The van der Waals surface area contributed by atoms with Gasteiger partial charge in [0, 0.05) is 18.0 Å². The number of hydrogen-bond acceptors (Lipinski definition) is 3. The Morgan fingerprint density at radius 1 is 1.11 bits per heavy atom. The van der Waals surface area contributed by atoms with Crippen molar-refractivity contribution in [2.45, 2.75) is 66.0 Å². The first-order valence-corrected chi connectivity index (χ1v) is 7.03. The predicted octanol–water partition coefficient (Wildman–Crippen LogP) is 3.67. The van der Waals surface area contributed by atoms with E-state index in [9.17, 15) is 0 Å². The highest BCUT2D eigenvalue weighted by molar-refractivity contribution is 5.29. The predicted molar refractivity (Wildman–Crippen MR) is 80.7 cm³/mol. The first-order valence-electron chi connectivity index (χ1n) is 7.03. The van der Waals surface area contributed by atoms with Gasteiger partial charge in [-0.15, -0.1) is 0 Å². The highest BCUT2D eigenvalue weighted by Gasteiger charge is 2.19. The fraction of sp³-hybridized carbons (Fsp3) is 0.688. The zero-order valence-corrected chi connectivity index (χ0v) is 13.4. The van der Waals surface area contributed by atoms with Crippen LogP contribution in [0.1, 0.15) is 59.7 Å². The zero-order valence-electron chi connectivity index (χ0n) is 13.4. The minimum absolute atomic E-state index is 0.0260. The van der Waals surface area contributed by atoms with Gasteiger partial charge in [-0.05, 0) is 38.9 Å². The second kappa shape index (κ2) is 5.91. The van der Waals surface area contributed by atoms with Crippen molar-refractivity contribution < 1.29 is 4.74 Å². The van der Waals surface area contributed by atoms with Gasteiger partial charge < -0.3 is 10.1 Å². The van der Waals surface area contributed by atoms with Crippen molar-refractivity contribution in [3.8, 4) is 5.88 Å². The van der Waals surface area contributed by atoms with Gasteiger partial charge in [-0.3, -0.25) is 0 Å². The largest absolute Gasteiger partial charge is 0.472 e. The van der Waals surface area contributed by atoms with E-state index in [1.807, 2.05) is 26.8 Å². The van der Waals surface area contributed by atoms with Crippen LogP contribution in [0.5, 0.6) is 5.88 Å². The molecule has 3 nitrogen and oxygen atoms in total. The first kappa shape index (κ1) is 16.0. The molecule has 0 fully saturated rings. The molecule has 0 aliphatic heterocycles. The molecule has 0 unspecified atom stereocenters. The van der Waals surface area contributed by atoms with Gasteiger partial charge in [-0.25, -0.2) is 4.98 Å². The summed E-state index contributed by atoms with van der Waals surface area (Å²) in [5.41, 5.74) is 2.10. The Kier molecular flexibility index (Phi) is 4.97. The smallest absolute Gasteiger partial charge is 0.214 e. The summed E-state index contributed by atoms with van der Waals surface area (Å²) in [5.74, 6) is 0.716. The molecule has 0 radical (unpaired) electrons. The highest BCUT2D eigenvalue weighted by atomic mass is 16.5. The molecule has 0 aliphatic rings. The van der Waals surface area contributed by atoms with Gasteiger partial charge in [-0.1, -0.05) is 27.7 Å². The second-order valence-electron chi connectivity index (χ2n) is 6.94. The normalized spacial score (nSPS) is 12.6. The van der Waals surface area contributed by atoms with E-state index in [-0.39, 0.29) is 11.0 Å².